The molecule has 1 aromatic carbocycles. The second kappa shape index (κ2) is 11.7. The first kappa shape index (κ1) is 23.9. The summed E-state index contributed by atoms with van der Waals surface area (Å²) in [4.78, 5) is 18.7. The molecule has 6 nitrogen and oxygen atoms in total. The SMILES string of the molecule is CCOC(=O)C1CCN(C(=NC)NCC2(c3ccccc3)CCOCC2)CC1.I. The van der Waals surface area contributed by atoms with E-state index < -0.39 is 0 Å². The summed E-state index contributed by atoms with van der Waals surface area (Å²) in [5.41, 5.74) is 1.43. The van der Waals surface area contributed by atoms with Crippen LogP contribution in [0.5, 0.6) is 0 Å². The normalized spacial score (nSPS) is 19.9. The Labute approximate surface area is 191 Å². The van der Waals surface area contributed by atoms with Crippen LogP contribution in [0.3, 0.4) is 0 Å². The number of benzene rings is 1. The van der Waals surface area contributed by atoms with Crippen LogP contribution >= 0.6 is 24.0 Å². The molecular weight excluding hydrogens is 481 g/mol. The summed E-state index contributed by atoms with van der Waals surface area (Å²) >= 11 is 0. The number of halogens is 1. The van der Waals surface area contributed by atoms with Crippen molar-refractivity contribution in [3.05, 3.63) is 35.9 Å². The first-order valence-electron chi connectivity index (χ1n) is 10.4. The second-order valence-electron chi connectivity index (χ2n) is 7.67. The zero-order valence-corrected chi connectivity index (χ0v) is 19.9. The van der Waals surface area contributed by atoms with E-state index in [4.69, 9.17) is 9.47 Å². The van der Waals surface area contributed by atoms with Crippen molar-refractivity contribution in [1.29, 1.82) is 0 Å². The first-order valence-corrected chi connectivity index (χ1v) is 10.4. The first-order chi connectivity index (χ1) is 13.7. The van der Waals surface area contributed by atoms with E-state index in [0.29, 0.717) is 6.61 Å². The maximum Gasteiger partial charge on any atom is 0.309 e. The lowest BCUT2D eigenvalue weighted by Gasteiger charge is -2.40. The van der Waals surface area contributed by atoms with Gasteiger partial charge in [-0.25, -0.2) is 0 Å². The highest BCUT2D eigenvalue weighted by molar-refractivity contribution is 14.0. The van der Waals surface area contributed by atoms with E-state index in [-0.39, 0.29) is 41.3 Å². The molecule has 0 unspecified atom stereocenters. The van der Waals surface area contributed by atoms with Crippen molar-refractivity contribution in [2.75, 3.05) is 46.5 Å². The highest BCUT2D eigenvalue weighted by atomic mass is 127. The van der Waals surface area contributed by atoms with Gasteiger partial charge in [-0.3, -0.25) is 9.79 Å². The zero-order valence-electron chi connectivity index (χ0n) is 17.6. The molecule has 2 aliphatic rings. The van der Waals surface area contributed by atoms with Gasteiger partial charge >= 0.3 is 5.97 Å². The Bertz CT molecular complexity index is 655. The van der Waals surface area contributed by atoms with Gasteiger partial charge in [-0.1, -0.05) is 30.3 Å². The Hall–Kier alpha value is -1.35. The fourth-order valence-electron chi connectivity index (χ4n) is 4.29. The Kier molecular flexibility index (Phi) is 9.68. The van der Waals surface area contributed by atoms with Crippen LogP contribution in [0.25, 0.3) is 0 Å². The quantitative estimate of drug-likeness (QED) is 0.283. The molecule has 0 bridgehead atoms. The standard InChI is InChI=1S/C22H33N3O3.HI/c1-3-28-20(26)18-9-13-25(14-10-18)21(23-2)24-17-22(11-15-27-16-12-22)19-7-5-4-6-8-19;/h4-8,18H,3,9-17H2,1-2H3,(H,23,24);1H. The monoisotopic (exact) mass is 515 g/mol. The number of ether oxygens (including phenoxy) is 2. The Balaban J connectivity index is 0.00000300. The summed E-state index contributed by atoms with van der Waals surface area (Å²) in [6, 6.07) is 10.7. The molecule has 0 atom stereocenters. The minimum atomic E-state index is -0.0599. The van der Waals surface area contributed by atoms with E-state index in [2.05, 4.69) is 45.5 Å². The van der Waals surface area contributed by atoms with Crippen molar-refractivity contribution in [2.24, 2.45) is 10.9 Å². The van der Waals surface area contributed by atoms with Gasteiger partial charge in [-0.05, 0) is 38.2 Å². The lowest BCUT2D eigenvalue weighted by atomic mass is 9.74. The fraction of sp³-hybridized carbons (Fsp3) is 0.636. The van der Waals surface area contributed by atoms with Gasteiger partial charge in [0.25, 0.3) is 0 Å². The van der Waals surface area contributed by atoms with E-state index in [0.717, 1.165) is 64.5 Å². The van der Waals surface area contributed by atoms with E-state index in [1.165, 1.54) is 5.56 Å². The van der Waals surface area contributed by atoms with Crippen molar-refractivity contribution in [3.8, 4) is 0 Å². The lowest BCUT2D eigenvalue weighted by Crippen LogP contribution is -2.51. The second-order valence-corrected chi connectivity index (χ2v) is 7.67. The number of piperidine rings is 1. The average Bonchev–Trinajstić information content (AvgIpc) is 2.76. The summed E-state index contributed by atoms with van der Waals surface area (Å²) in [5, 5.41) is 3.62. The van der Waals surface area contributed by atoms with Crippen molar-refractivity contribution in [3.63, 3.8) is 0 Å². The molecule has 29 heavy (non-hydrogen) atoms. The summed E-state index contributed by atoms with van der Waals surface area (Å²) in [5.74, 6) is 0.875. The number of esters is 1. The van der Waals surface area contributed by atoms with Gasteiger partial charge in [0.05, 0.1) is 12.5 Å². The summed E-state index contributed by atoms with van der Waals surface area (Å²) in [7, 11) is 1.83. The molecule has 0 saturated carbocycles. The van der Waals surface area contributed by atoms with E-state index >= 15 is 0 Å². The summed E-state index contributed by atoms with van der Waals surface area (Å²) in [6.07, 6.45) is 3.65. The molecule has 0 amide bonds. The number of nitrogens with one attached hydrogen (secondary N) is 1. The Morgan fingerprint density at radius 3 is 2.48 bits per heavy atom. The maximum absolute atomic E-state index is 12.0. The molecule has 0 aromatic heterocycles. The van der Waals surface area contributed by atoms with Crippen molar-refractivity contribution >= 4 is 35.9 Å². The van der Waals surface area contributed by atoms with E-state index in [1.54, 1.807) is 0 Å². The van der Waals surface area contributed by atoms with Gasteiger partial charge < -0.3 is 19.7 Å². The number of hydrogen-bond acceptors (Lipinski definition) is 4. The molecule has 0 radical (unpaired) electrons. The highest BCUT2D eigenvalue weighted by Crippen LogP contribution is 2.34. The summed E-state index contributed by atoms with van der Waals surface area (Å²) < 4.78 is 10.8. The molecule has 1 N–H and O–H groups in total. The number of guanidine groups is 1. The fourth-order valence-corrected chi connectivity index (χ4v) is 4.29. The van der Waals surface area contributed by atoms with E-state index in [9.17, 15) is 4.79 Å². The molecular formula is C22H34IN3O3. The van der Waals surface area contributed by atoms with Gasteiger partial charge in [0.1, 0.15) is 0 Å². The molecule has 0 spiro atoms. The molecule has 2 aliphatic heterocycles. The minimum Gasteiger partial charge on any atom is -0.466 e. The Morgan fingerprint density at radius 2 is 1.90 bits per heavy atom. The number of nitrogens with zero attached hydrogens (tertiary/aromatic N) is 2. The molecule has 2 saturated heterocycles. The van der Waals surface area contributed by atoms with Crippen LogP contribution in [0.15, 0.2) is 35.3 Å². The molecule has 2 fully saturated rings. The lowest BCUT2D eigenvalue weighted by molar-refractivity contribution is -0.149. The van der Waals surface area contributed by atoms with Crippen molar-refractivity contribution in [1.82, 2.24) is 10.2 Å². The molecule has 1 aromatic rings. The van der Waals surface area contributed by atoms with Crippen LogP contribution in [-0.4, -0.2) is 63.3 Å². The number of carbonyl (C=O) groups excluding carboxylic acids is 1. The highest BCUT2D eigenvalue weighted by Gasteiger charge is 2.35. The predicted octanol–water partition coefficient (Wildman–Crippen LogP) is 3.20. The molecule has 0 aliphatic carbocycles. The van der Waals surface area contributed by atoms with Gasteiger partial charge in [0.15, 0.2) is 5.96 Å². The average molecular weight is 515 g/mol. The Morgan fingerprint density at radius 1 is 1.24 bits per heavy atom. The predicted molar refractivity (Wildman–Crippen MR) is 126 cm³/mol. The van der Waals surface area contributed by atoms with Crippen LogP contribution in [0.2, 0.25) is 0 Å². The number of rotatable bonds is 5. The number of carbonyl (C=O) groups is 1. The van der Waals surface area contributed by atoms with Crippen LogP contribution in [0, 0.1) is 5.92 Å². The third kappa shape index (κ3) is 6.07. The third-order valence-electron chi connectivity index (χ3n) is 6.05. The van der Waals surface area contributed by atoms with Gasteiger partial charge in [-0.2, -0.15) is 0 Å². The van der Waals surface area contributed by atoms with Gasteiger partial charge in [0.2, 0.25) is 0 Å². The molecule has 162 valence electrons. The number of aliphatic imine (C=N–C) groups is 1. The molecule has 3 rings (SSSR count). The number of likely N-dealkylation sites (tertiary alicyclic amines) is 1. The molecule has 7 heteroatoms. The minimum absolute atomic E-state index is 0. The van der Waals surface area contributed by atoms with Gasteiger partial charge in [0, 0.05) is 45.3 Å². The van der Waals surface area contributed by atoms with E-state index in [1.807, 2.05) is 14.0 Å². The summed E-state index contributed by atoms with van der Waals surface area (Å²) in [6.45, 7) is 6.38. The van der Waals surface area contributed by atoms with Crippen LogP contribution in [0.4, 0.5) is 0 Å². The van der Waals surface area contributed by atoms with Crippen molar-refractivity contribution < 1.29 is 14.3 Å². The zero-order chi connectivity index (χ0) is 19.8. The van der Waals surface area contributed by atoms with Gasteiger partial charge in [-0.15, -0.1) is 24.0 Å². The van der Waals surface area contributed by atoms with Crippen molar-refractivity contribution in [2.45, 2.75) is 38.0 Å². The smallest absolute Gasteiger partial charge is 0.309 e. The third-order valence-corrected chi connectivity index (χ3v) is 6.05. The topological polar surface area (TPSA) is 63.2 Å². The molecule has 2 heterocycles. The largest absolute Gasteiger partial charge is 0.466 e. The van der Waals surface area contributed by atoms with Crippen LogP contribution in [-0.2, 0) is 19.7 Å². The maximum atomic E-state index is 12.0. The van der Waals surface area contributed by atoms with Crippen LogP contribution < -0.4 is 5.32 Å². The number of hydrogen-bond donors (Lipinski definition) is 1. The van der Waals surface area contributed by atoms with Crippen LogP contribution in [0.1, 0.15) is 38.2 Å².